The first-order valence-electron chi connectivity index (χ1n) is 5.38. The summed E-state index contributed by atoms with van der Waals surface area (Å²) < 4.78 is 11.4. The van der Waals surface area contributed by atoms with Gasteiger partial charge in [-0.05, 0) is 26.2 Å². The molecule has 0 bridgehead atoms. The summed E-state index contributed by atoms with van der Waals surface area (Å²) in [4.78, 5) is 0. The molecular formula is C10H23NO2S. The van der Waals surface area contributed by atoms with Crippen molar-refractivity contribution in [2.45, 2.75) is 45.1 Å². The van der Waals surface area contributed by atoms with Crippen molar-refractivity contribution in [2.75, 3.05) is 18.1 Å². The Kier molecular flexibility index (Phi) is 9.67. The number of rotatable bonds is 9. The van der Waals surface area contributed by atoms with Crippen LogP contribution in [0, 0.1) is 0 Å². The third kappa shape index (κ3) is 10.2. The number of hydrogen-bond donors (Lipinski definition) is 2. The Morgan fingerprint density at radius 3 is 2.43 bits per heavy atom. The van der Waals surface area contributed by atoms with Crippen molar-refractivity contribution < 1.29 is 9.32 Å². The van der Waals surface area contributed by atoms with Gasteiger partial charge < -0.3 is 10.8 Å². The lowest BCUT2D eigenvalue weighted by molar-refractivity contribution is 0.283. The van der Waals surface area contributed by atoms with Gasteiger partial charge in [0.15, 0.2) is 0 Å². The largest absolute Gasteiger partial charge is 0.396 e. The molecule has 4 heteroatoms. The standard InChI is InChI=1S/C10H23NO2S/c1-10(11)6-9-14(13)8-5-3-2-4-7-12/h10,12H,2-9,11H2,1H3. The summed E-state index contributed by atoms with van der Waals surface area (Å²) in [5.74, 6) is 1.52. The Labute approximate surface area is 89.5 Å². The topological polar surface area (TPSA) is 63.3 Å². The zero-order valence-corrected chi connectivity index (χ0v) is 9.89. The molecule has 3 nitrogen and oxygen atoms in total. The molecule has 3 N–H and O–H groups in total. The predicted octanol–water partition coefficient (Wildman–Crippen LogP) is 1.03. The molecule has 0 rings (SSSR count). The normalized spacial score (nSPS) is 15.4. The average Bonchev–Trinajstić information content (AvgIpc) is 2.14. The van der Waals surface area contributed by atoms with E-state index in [1.807, 2.05) is 6.92 Å². The summed E-state index contributed by atoms with van der Waals surface area (Å²) in [6.45, 7) is 2.21. The molecule has 0 aliphatic heterocycles. The van der Waals surface area contributed by atoms with Crippen molar-refractivity contribution in [1.82, 2.24) is 0 Å². The molecule has 0 aromatic rings. The van der Waals surface area contributed by atoms with Crippen LogP contribution in [0.2, 0.25) is 0 Å². The van der Waals surface area contributed by atoms with Crippen LogP contribution in [0.5, 0.6) is 0 Å². The summed E-state index contributed by atoms with van der Waals surface area (Å²) in [5.41, 5.74) is 5.57. The van der Waals surface area contributed by atoms with Gasteiger partial charge in [-0.2, -0.15) is 0 Å². The Morgan fingerprint density at radius 1 is 1.21 bits per heavy atom. The van der Waals surface area contributed by atoms with E-state index in [2.05, 4.69) is 0 Å². The van der Waals surface area contributed by atoms with Gasteiger partial charge in [0.2, 0.25) is 0 Å². The molecule has 0 aromatic heterocycles. The quantitative estimate of drug-likeness (QED) is 0.572. The lowest BCUT2D eigenvalue weighted by Crippen LogP contribution is -2.18. The minimum atomic E-state index is -0.689. The minimum Gasteiger partial charge on any atom is -0.396 e. The molecule has 0 aromatic carbocycles. The van der Waals surface area contributed by atoms with E-state index in [0.29, 0.717) is 0 Å². The van der Waals surface area contributed by atoms with Crippen LogP contribution in [0.25, 0.3) is 0 Å². The van der Waals surface area contributed by atoms with Crippen LogP contribution in [0.15, 0.2) is 0 Å². The maximum absolute atomic E-state index is 11.4. The fourth-order valence-electron chi connectivity index (χ4n) is 1.15. The molecule has 0 saturated heterocycles. The molecule has 14 heavy (non-hydrogen) atoms. The van der Waals surface area contributed by atoms with Gasteiger partial charge in [-0.25, -0.2) is 0 Å². The predicted molar refractivity (Wildman–Crippen MR) is 61.7 cm³/mol. The maximum atomic E-state index is 11.4. The van der Waals surface area contributed by atoms with E-state index in [9.17, 15) is 4.21 Å². The van der Waals surface area contributed by atoms with Crippen LogP contribution in [-0.4, -0.2) is 33.5 Å². The fraction of sp³-hybridized carbons (Fsp3) is 1.00. The van der Waals surface area contributed by atoms with E-state index >= 15 is 0 Å². The van der Waals surface area contributed by atoms with Crippen molar-refractivity contribution in [3.8, 4) is 0 Å². The van der Waals surface area contributed by atoms with Gasteiger partial charge in [-0.1, -0.05) is 12.8 Å². The van der Waals surface area contributed by atoms with Gasteiger partial charge in [-0.3, -0.25) is 4.21 Å². The summed E-state index contributed by atoms with van der Waals surface area (Å²) in [6, 6.07) is 0.160. The van der Waals surface area contributed by atoms with E-state index in [0.717, 1.165) is 43.6 Å². The maximum Gasteiger partial charge on any atom is 0.0431 e. The van der Waals surface area contributed by atoms with Gasteiger partial charge in [0.1, 0.15) is 0 Å². The van der Waals surface area contributed by atoms with Crippen LogP contribution >= 0.6 is 0 Å². The van der Waals surface area contributed by atoms with Crippen LogP contribution < -0.4 is 5.73 Å². The third-order valence-electron chi connectivity index (χ3n) is 2.08. The first-order chi connectivity index (χ1) is 6.66. The molecule has 0 radical (unpaired) electrons. The SMILES string of the molecule is CC(N)CCS(=O)CCCCCCO. The summed E-state index contributed by atoms with van der Waals surface area (Å²) >= 11 is 0. The fourth-order valence-corrected chi connectivity index (χ4v) is 2.51. The third-order valence-corrected chi connectivity index (χ3v) is 3.52. The Hall–Kier alpha value is 0.0700. The van der Waals surface area contributed by atoms with E-state index < -0.39 is 10.8 Å². The summed E-state index contributed by atoms with van der Waals surface area (Å²) in [7, 11) is -0.689. The Balaban J connectivity index is 3.18. The molecule has 0 aliphatic carbocycles. The number of aliphatic hydroxyl groups is 1. The number of aliphatic hydroxyl groups excluding tert-OH is 1. The smallest absolute Gasteiger partial charge is 0.0431 e. The van der Waals surface area contributed by atoms with Crippen LogP contribution in [-0.2, 0) is 10.8 Å². The molecular weight excluding hydrogens is 198 g/mol. The monoisotopic (exact) mass is 221 g/mol. The number of nitrogens with two attached hydrogens (primary N) is 1. The summed E-state index contributed by atoms with van der Waals surface area (Å²) in [5, 5.41) is 8.55. The van der Waals surface area contributed by atoms with E-state index in [-0.39, 0.29) is 12.6 Å². The van der Waals surface area contributed by atoms with Crippen LogP contribution in [0.3, 0.4) is 0 Å². The van der Waals surface area contributed by atoms with Gasteiger partial charge in [0.05, 0.1) is 0 Å². The Morgan fingerprint density at radius 2 is 1.86 bits per heavy atom. The molecule has 2 atom stereocenters. The van der Waals surface area contributed by atoms with Crippen molar-refractivity contribution in [2.24, 2.45) is 5.73 Å². The van der Waals surface area contributed by atoms with E-state index in [1.165, 1.54) is 0 Å². The highest BCUT2D eigenvalue weighted by atomic mass is 32.2. The second-order valence-corrected chi connectivity index (χ2v) is 5.45. The average molecular weight is 221 g/mol. The second kappa shape index (κ2) is 9.62. The zero-order valence-electron chi connectivity index (χ0n) is 9.08. The molecule has 0 aliphatic rings. The summed E-state index contributed by atoms with van der Waals surface area (Å²) in [6.07, 6.45) is 4.84. The Bertz CT molecular complexity index is 151. The van der Waals surface area contributed by atoms with Crippen molar-refractivity contribution >= 4 is 10.8 Å². The first kappa shape index (κ1) is 14.1. The number of hydrogen-bond acceptors (Lipinski definition) is 3. The van der Waals surface area contributed by atoms with Crippen LogP contribution in [0.1, 0.15) is 39.0 Å². The highest BCUT2D eigenvalue weighted by molar-refractivity contribution is 7.84. The first-order valence-corrected chi connectivity index (χ1v) is 6.87. The molecule has 0 saturated carbocycles. The van der Waals surface area contributed by atoms with Crippen molar-refractivity contribution in [3.05, 3.63) is 0 Å². The molecule has 0 spiro atoms. The molecule has 0 heterocycles. The van der Waals surface area contributed by atoms with Gasteiger partial charge in [0, 0.05) is 35.0 Å². The molecule has 86 valence electrons. The highest BCUT2D eigenvalue weighted by Crippen LogP contribution is 2.01. The lowest BCUT2D eigenvalue weighted by Gasteiger charge is -2.04. The van der Waals surface area contributed by atoms with Crippen molar-refractivity contribution in [3.63, 3.8) is 0 Å². The minimum absolute atomic E-state index is 0.160. The highest BCUT2D eigenvalue weighted by Gasteiger charge is 2.01. The van der Waals surface area contributed by atoms with E-state index in [1.54, 1.807) is 0 Å². The van der Waals surface area contributed by atoms with Crippen LogP contribution in [0.4, 0.5) is 0 Å². The van der Waals surface area contributed by atoms with E-state index in [4.69, 9.17) is 10.8 Å². The number of unbranched alkanes of at least 4 members (excludes halogenated alkanes) is 3. The lowest BCUT2D eigenvalue weighted by atomic mass is 10.2. The zero-order chi connectivity index (χ0) is 10.8. The molecule has 2 unspecified atom stereocenters. The van der Waals surface area contributed by atoms with Gasteiger partial charge in [0.25, 0.3) is 0 Å². The van der Waals surface area contributed by atoms with Crippen molar-refractivity contribution in [1.29, 1.82) is 0 Å². The molecule has 0 fully saturated rings. The van der Waals surface area contributed by atoms with Gasteiger partial charge in [-0.15, -0.1) is 0 Å². The van der Waals surface area contributed by atoms with Gasteiger partial charge >= 0.3 is 0 Å². The second-order valence-electron chi connectivity index (χ2n) is 3.75. The molecule has 0 amide bonds.